The summed E-state index contributed by atoms with van der Waals surface area (Å²) in [4.78, 5) is 14.2. The van der Waals surface area contributed by atoms with E-state index in [9.17, 15) is 4.79 Å². The van der Waals surface area contributed by atoms with E-state index in [1.807, 2.05) is 18.2 Å². The summed E-state index contributed by atoms with van der Waals surface area (Å²) in [5.41, 5.74) is 4.13. The highest BCUT2D eigenvalue weighted by molar-refractivity contribution is 7.10. The molecule has 1 unspecified atom stereocenters. The van der Waals surface area contributed by atoms with E-state index >= 15 is 0 Å². The predicted molar refractivity (Wildman–Crippen MR) is 106 cm³/mol. The lowest BCUT2D eigenvalue weighted by molar-refractivity contribution is -0.118. The molecule has 0 spiro atoms. The molecule has 1 aromatic heterocycles. The summed E-state index contributed by atoms with van der Waals surface area (Å²) in [6, 6.07) is 12.2. The zero-order chi connectivity index (χ0) is 18.3. The Labute approximate surface area is 158 Å². The molecule has 3 nitrogen and oxygen atoms in total. The molecule has 0 saturated carbocycles. The Morgan fingerprint density at radius 1 is 1.19 bits per heavy atom. The van der Waals surface area contributed by atoms with E-state index < -0.39 is 0 Å². The number of benzene rings is 1. The SMILES string of the molecule is COc1cccc(C2=CC(c3cccs3)C3=C(CC(C)(C)CC3=O)N2)c1. The molecule has 2 heterocycles. The van der Waals surface area contributed by atoms with Gasteiger partial charge in [-0.3, -0.25) is 4.79 Å². The average molecular weight is 365 g/mol. The minimum atomic E-state index is -0.0141. The van der Waals surface area contributed by atoms with Crippen LogP contribution in [0.4, 0.5) is 0 Å². The number of allylic oxidation sites excluding steroid dienone is 3. The van der Waals surface area contributed by atoms with Gasteiger partial charge in [-0.05, 0) is 41.5 Å². The van der Waals surface area contributed by atoms with Crippen molar-refractivity contribution in [1.29, 1.82) is 0 Å². The first kappa shape index (κ1) is 17.1. The maximum atomic E-state index is 13.0. The van der Waals surface area contributed by atoms with Gasteiger partial charge in [0.1, 0.15) is 5.75 Å². The summed E-state index contributed by atoms with van der Waals surface area (Å²) in [5, 5.41) is 5.65. The Kier molecular flexibility index (Phi) is 4.23. The molecular formula is C22H23NO2S. The number of ketones is 1. The van der Waals surface area contributed by atoms with Gasteiger partial charge in [-0.1, -0.05) is 32.0 Å². The molecule has 134 valence electrons. The van der Waals surface area contributed by atoms with E-state index in [-0.39, 0.29) is 17.1 Å². The highest BCUT2D eigenvalue weighted by atomic mass is 32.1. The number of carbonyl (C=O) groups excluding carboxylic acids is 1. The van der Waals surface area contributed by atoms with Crippen molar-refractivity contribution in [2.75, 3.05) is 7.11 Å². The van der Waals surface area contributed by atoms with Crippen molar-refractivity contribution < 1.29 is 9.53 Å². The molecule has 2 aliphatic rings. The molecule has 0 amide bonds. The molecule has 1 aromatic carbocycles. The van der Waals surface area contributed by atoms with Crippen molar-refractivity contribution in [3.05, 3.63) is 69.6 Å². The van der Waals surface area contributed by atoms with E-state index in [2.05, 4.69) is 48.8 Å². The molecule has 4 rings (SSSR count). The van der Waals surface area contributed by atoms with Crippen molar-refractivity contribution in [3.8, 4) is 5.75 Å². The molecule has 1 N–H and O–H groups in total. The summed E-state index contributed by atoms with van der Waals surface area (Å²) < 4.78 is 5.38. The van der Waals surface area contributed by atoms with Crippen LogP contribution in [0.25, 0.3) is 5.70 Å². The van der Waals surface area contributed by atoms with Crippen LogP contribution < -0.4 is 10.1 Å². The fourth-order valence-electron chi connectivity index (χ4n) is 3.91. The van der Waals surface area contributed by atoms with E-state index in [4.69, 9.17) is 4.74 Å². The first-order valence-electron chi connectivity index (χ1n) is 8.90. The molecule has 0 bridgehead atoms. The summed E-state index contributed by atoms with van der Waals surface area (Å²) in [7, 11) is 1.68. The van der Waals surface area contributed by atoms with E-state index in [1.54, 1.807) is 18.4 Å². The number of methoxy groups -OCH3 is 1. The maximum Gasteiger partial charge on any atom is 0.162 e. The van der Waals surface area contributed by atoms with Crippen LogP contribution in [0.15, 0.2) is 59.1 Å². The number of rotatable bonds is 3. The Hall–Kier alpha value is -2.33. The van der Waals surface area contributed by atoms with Gasteiger partial charge in [0.05, 0.1) is 7.11 Å². The van der Waals surface area contributed by atoms with Gasteiger partial charge >= 0.3 is 0 Å². The van der Waals surface area contributed by atoms with Gasteiger partial charge in [-0.2, -0.15) is 0 Å². The van der Waals surface area contributed by atoms with Gasteiger partial charge in [0, 0.05) is 39.7 Å². The zero-order valence-electron chi connectivity index (χ0n) is 15.3. The highest BCUT2D eigenvalue weighted by Gasteiger charge is 2.38. The Bertz CT molecular complexity index is 906. The monoisotopic (exact) mass is 365 g/mol. The fourth-order valence-corrected chi connectivity index (χ4v) is 4.72. The third-order valence-electron chi connectivity index (χ3n) is 5.08. The van der Waals surface area contributed by atoms with Crippen LogP contribution in [-0.2, 0) is 4.79 Å². The fraction of sp³-hybridized carbons (Fsp3) is 0.318. The highest BCUT2D eigenvalue weighted by Crippen LogP contribution is 2.45. The van der Waals surface area contributed by atoms with Crippen LogP contribution in [0.5, 0.6) is 5.75 Å². The standard InChI is InChI=1S/C22H23NO2S/c1-22(2)12-18-21(19(24)13-22)16(20-8-5-9-26-20)11-17(23-18)14-6-4-7-15(10-14)25-3/h4-11,16,23H,12-13H2,1-3H3. The first-order chi connectivity index (χ1) is 12.5. The molecule has 1 aliphatic carbocycles. The van der Waals surface area contributed by atoms with Crippen LogP contribution in [0.3, 0.4) is 0 Å². The second-order valence-corrected chi connectivity index (χ2v) is 8.74. The third kappa shape index (κ3) is 3.10. The Balaban J connectivity index is 1.81. The number of ether oxygens (including phenoxy) is 1. The molecule has 4 heteroatoms. The smallest absolute Gasteiger partial charge is 0.162 e. The number of hydrogen-bond donors (Lipinski definition) is 1. The van der Waals surface area contributed by atoms with E-state index in [0.717, 1.165) is 34.7 Å². The quantitative estimate of drug-likeness (QED) is 0.820. The van der Waals surface area contributed by atoms with Gasteiger partial charge in [0.25, 0.3) is 0 Å². The molecule has 1 aliphatic heterocycles. The molecule has 1 atom stereocenters. The number of nitrogens with one attached hydrogen (secondary N) is 1. The first-order valence-corrected chi connectivity index (χ1v) is 9.78. The number of thiophene rings is 1. The van der Waals surface area contributed by atoms with Crippen molar-refractivity contribution in [1.82, 2.24) is 5.32 Å². The van der Waals surface area contributed by atoms with E-state index in [0.29, 0.717) is 6.42 Å². The molecule has 0 saturated heterocycles. The van der Waals surface area contributed by atoms with E-state index in [1.165, 1.54) is 4.88 Å². The van der Waals surface area contributed by atoms with Crippen LogP contribution in [0.1, 0.15) is 43.0 Å². The Morgan fingerprint density at radius 2 is 2.04 bits per heavy atom. The summed E-state index contributed by atoms with van der Waals surface area (Å²) in [6.45, 7) is 4.33. The zero-order valence-corrected chi connectivity index (χ0v) is 16.2. The second-order valence-electron chi connectivity index (χ2n) is 7.76. The molecule has 26 heavy (non-hydrogen) atoms. The number of carbonyl (C=O) groups is 1. The van der Waals surface area contributed by atoms with Crippen LogP contribution >= 0.6 is 11.3 Å². The van der Waals surface area contributed by atoms with Crippen LogP contribution in [-0.4, -0.2) is 12.9 Å². The molecule has 0 fully saturated rings. The third-order valence-corrected chi connectivity index (χ3v) is 6.04. The lowest BCUT2D eigenvalue weighted by Crippen LogP contribution is -2.35. The van der Waals surface area contributed by atoms with Crippen molar-refractivity contribution >= 4 is 22.8 Å². The van der Waals surface area contributed by atoms with Gasteiger partial charge in [-0.25, -0.2) is 0 Å². The average Bonchev–Trinajstić information content (AvgIpc) is 3.14. The summed E-state index contributed by atoms with van der Waals surface area (Å²) in [6.07, 6.45) is 3.69. The molecule has 0 radical (unpaired) electrons. The normalized spacial score (nSPS) is 21.7. The van der Waals surface area contributed by atoms with Gasteiger partial charge in [0.2, 0.25) is 0 Å². The lowest BCUT2D eigenvalue weighted by atomic mass is 9.71. The van der Waals surface area contributed by atoms with Crippen LogP contribution in [0, 0.1) is 5.41 Å². The van der Waals surface area contributed by atoms with Crippen molar-refractivity contribution in [2.45, 2.75) is 32.6 Å². The minimum Gasteiger partial charge on any atom is -0.497 e. The summed E-state index contributed by atoms with van der Waals surface area (Å²) in [5.74, 6) is 1.12. The number of Topliss-reactive ketones (excluding diaryl/α,β-unsaturated/α-hetero) is 1. The summed E-state index contributed by atoms with van der Waals surface area (Å²) >= 11 is 1.71. The number of hydrogen-bond acceptors (Lipinski definition) is 4. The number of dihydropyridines is 1. The topological polar surface area (TPSA) is 38.3 Å². The Morgan fingerprint density at radius 3 is 2.77 bits per heavy atom. The lowest BCUT2D eigenvalue weighted by Gasteiger charge is -2.37. The van der Waals surface area contributed by atoms with Gasteiger partial charge < -0.3 is 10.1 Å². The van der Waals surface area contributed by atoms with Crippen molar-refractivity contribution in [3.63, 3.8) is 0 Å². The van der Waals surface area contributed by atoms with Crippen LogP contribution in [0.2, 0.25) is 0 Å². The maximum absolute atomic E-state index is 13.0. The molecular weight excluding hydrogens is 342 g/mol. The van der Waals surface area contributed by atoms with Crippen molar-refractivity contribution in [2.24, 2.45) is 5.41 Å². The largest absolute Gasteiger partial charge is 0.497 e. The minimum absolute atomic E-state index is 0.0141. The predicted octanol–water partition coefficient (Wildman–Crippen LogP) is 5.13. The van der Waals surface area contributed by atoms with Gasteiger partial charge in [-0.15, -0.1) is 11.3 Å². The van der Waals surface area contributed by atoms with Gasteiger partial charge in [0.15, 0.2) is 5.78 Å². The molecule has 2 aromatic rings. The second kappa shape index (κ2) is 6.44.